The van der Waals surface area contributed by atoms with Crippen molar-refractivity contribution >= 4 is 40.8 Å². The number of para-hydroxylation sites is 1. The minimum absolute atomic E-state index is 0.0194. The number of hydrogen-bond donors (Lipinski definition) is 2. The topological polar surface area (TPSA) is 120 Å². The molecule has 5 rings (SSSR count). The quantitative estimate of drug-likeness (QED) is 0.451. The van der Waals surface area contributed by atoms with Gasteiger partial charge in [0.05, 0.1) is 18.1 Å². The van der Waals surface area contributed by atoms with Gasteiger partial charge in [0.25, 0.3) is 0 Å². The fraction of sp³-hybridized carbons (Fsp3) is 0.448. The first-order valence-corrected chi connectivity index (χ1v) is 13.6. The third kappa shape index (κ3) is 5.68. The lowest BCUT2D eigenvalue weighted by atomic mass is 10.0. The number of fused-ring (bicyclic) bond motifs is 2. The van der Waals surface area contributed by atoms with E-state index in [0.717, 1.165) is 45.8 Å². The third-order valence-corrected chi connectivity index (χ3v) is 7.68. The van der Waals surface area contributed by atoms with Crippen molar-refractivity contribution in [3.63, 3.8) is 0 Å². The molecule has 3 amide bonds. The summed E-state index contributed by atoms with van der Waals surface area (Å²) in [6.07, 6.45) is 0.570. The molecule has 1 saturated heterocycles. The van der Waals surface area contributed by atoms with E-state index < -0.39 is 18.2 Å². The molecule has 0 aliphatic carbocycles. The number of ether oxygens (including phenoxy) is 2. The molecule has 2 aliphatic rings. The number of carbonyl (C=O) groups is 3. The Bertz CT molecular complexity index is 1410. The monoisotopic (exact) mass is 548 g/mol. The minimum Gasteiger partial charge on any atom is -0.466 e. The van der Waals surface area contributed by atoms with Gasteiger partial charge < -0.3 is 34.5 Å². The molecule has 2 aromatic carbocycles. The Kier molecular flexibility index (Phi) is 7.81. The molecule has 0 bridgehead atoms. The lowest BCUT2D eigenvalue weighted by molar-refractivity contribution is -0.151. The molecule has 1 unspecified atom stereocenters. The third-order valence-electron chi connectivity index (χ3n) is 7.68. The van der Waals surface area contributed by atoms with Crippen LogP contribution in [-0.4, -0.2) is 90.8 Å². The molecular weight excluding hydrogens is 512 g/mol. The standard InChI is InChI=1S/C29H36N6O5/c1-18-15-19(16-23-25(18)32-27(30-23)33(2)3)17-24(26(36)39-4)40-29(38)34-12-10-21(11-13-34)35-14-9-20-7-5-6-8-22(20)31-28(35)37/h5-8,15-16,21,24H,9-14,17H2,1-4H3,(H,30,32)(H,31,37). The van der Waals surface area contributed by atoms with Crippen molar-refractivity contribution in [3.05, 3.63) is 53.1 Å². The van der Waals surface area contributed by atoms with Crippen LogP contribution in [0.2, 0.25) is 0 Å². The highest BCUT2D eigenvalue weighted by molar-refractivity contribution is 5.91. The van der Waals surface area contributed by atoms with Gasteiger partial charge in [-0.05, 0) is 55.0 Å². The second-order valence-electron chi connectivity index (χ2n) is 10.6. The first kappa shape index (κ1) is 27.3. The highest BCUT2D eigenvalue weighted by Gasteiger charge is 2.33. The van der Waals surface area contributed by atoms with E-state index in [1.54, 1.807) is 4.90 Å². The molecule has 0 spiro atoms. The van der Waals surface area contributed by atoms with Crippen molar-refractivity contribution in [3.8, 4) is 0 Å². The molecule has 1 fully saturated rings. The first-order valence-electron chi connectivity index (χ1n) is 13.6. The second-order valence-corrected chi connectivity index (χ2v) is 10.6. The Hall–Kier alpha value is -4.28. The van der Waals surface area contributed by atoms with E-state index in [2.05, 4.69) is 15.3 Å². The zero-order valence-corrected chi connectivity index (χ0v) is 23.4. The minimum atomic E-state index is -1.08. The fourth-order valence-corrected chi connectivity index (χ4v) is 5.50. The Morgan fingerprint density at radius 3 is 2.62 bits per heavy atom. The molecule has 0 radical (unpaired) electrons. The van der Waals surface area contributed by atoms with Crippen molar-refractivity contribution in [2.24, 2.45) is 0 Å². The molecule has 11 heteroatoms. The summed E-state index contributed by atoms with van der Waals surface area (Å²) in [5.41, 5.74) is 5.45. The smallest absolute Gasteiger partial charge is 0.410 e. The lowest BCUT2D eigenvalue weighted by Gasteiger charge is -2.37. The van der Waals surface area contributed by atoms with Gasteiger partial charge in [-0.1, -0.05) is 24.3 Å². The predicted molar refractivity (Wildman–Crippen MR) is 152 cm³/mol. The number of aromatic nitrogens is 2. The number of methoxy groups -OCH3 is 1. The summed E-state index contributed by atoms with van der Waals surface area (Å²) in [4.78, 5) is 51.9. The number of nitrogens with zero attached hydrogens (tertiary/aromatic N) is 4. The molecule has 40 heavy (non-hydrogen) atoms. The average molecular weight is 549 g/mol. The van der Waals surface area contributed by atoms with Crippen LogP contribution in [0.5, 0.6) is 0 Å². The van der Waals surface area contributed by atoms with Crippen molar-refractivity contribution in [1.82, 2.24) is 19.8 Å². The van der Waals surface area contributed by atoms with E-state index in [1.807, 2.05) is 67.2 Å². The number of urea groups is 1. The van der Waals surface area contributed by atoms with E-state index in [1.165, 1.54) is 7.11 Å². The molecular formula is C29H36N6O5. The average Bonchev–Trinajstić information content (AvgIpc) is 3.31. The highest BCUT2D eigenvalue weighted by Crippen LogP contribution is 2.26. The number of imidazole rings is 1. The SMILES string of the molecule is COC(=O)C(Cc1cc(C)c2nc(N(C)C)[nH]c2c1)OC(=O)N1CCC(N2CCc3ccccc3NC2=O)CC1. The second kappa shape index (κ2) is 11.4. The highest BCUT2D eigenvalue weighted by atomic mass is 16.6. The number of hydrogen-bond acceptors (Lipinski definition) is 7. The number of rotatable bonds is 6. The van der Waals surface area contributed by atoms with Crippen LogP contribution in [0, 0.1) is 6.92 Å². The van der Waals surface area contributed by atoms with Crippen LogP contribution < -0.4 is 10.2 Å². The van der Waals surface area contributed by atoms with Crippen molar-refractivity contribution in [1.29, 1.82) is 0 Å². The van der Waals surface area contributed by atoms with Crippen LogP contribution in [0.15, 0.2) is 36.4 Å². The normalized spacial score (nSPS) is 16.6. The number of amides is 3. The first-order chi connectivity index (χ1) is 19.2. The van der Waals surface area contributed by atoms with E-state index in [9.17, 15) is 14.4 Å². The molecule has 11 nitrogen and oxygen atoms in total. The maximum Gasteiger partial charge on any atom is 0.410 e. The van der Waals surface area contributed by atoms with Crippen molar-refractivity contribution in [2.75, 3.05) is 51.1 Å². The molecule has 3 heterocycles. The van der Waals surface area contributed by atoms with Crippen LogP contribution in [0.25, 0.3) is 11.0 Å². The van der Waals surface area contributed by atoms with Crippen LogP contribution in [0.4, 0.5) is 21.2 Å². The number of likely N-dealkylation sites (tertiary alicyclic amines) is 1. The van der Waals surface area contributed by atoms with Gasteiger partial charge in [0.1, 0.15) is 0 Å². The van der Waals surface area contributed by atoms with Gasteiger partial charge in [-0.15, -0.1) is 0 Å². The molecule has 0 saturated carbocycles. The van der Waals surface area contributed by atoms with Crippen LogP contribution >= 0.6 is 0 Å². The van der Waals surface area contributed by atoms with Gasteiger partial charge in [-0.2, -0.15) is 0 Å². The Labute approximate surface area is 233 Å². The molecule has 2 N–H and O–H groups in total. The van der Waals surface area contributed by atoms with Gasteiger partial charge in [0, 0.05) is 51.9 Å². The van der Waals surface area contributed by atoms with Gasteiger partial charge >= 0.3 is 18.1 Å². The Balaban J connectivity index is 1.21. The van der Waals surface area contributed by atoms with E-state index in [4.69, 9.17) is 9.47 Å². The van der Waals surface area contributed by atoms with Crippen LogP contribution in [0.1, 0.15) is 29.5 Å². The molecule has 1 aromatic heterocycles. The van der Waals surface area contributed by atoms with Crippen molar-refractivity contribution in [2.45, 2.75) is 44.8 Å². The molecule has 3 aromatic rings. The van der Waals surface area contributed by atoms with E-state index in [0.29, 0.717) is 32.5 Å². The molecule has 212 valence electrons. The summed E-state index contributed by atoms with van der Waals surface area (Å²) in [5.74, 6) is 0.122. The Morgan fingerprint density at radius 1 is 1.15 bits per heavy atom. The number of anilines is 2. The maximum atomic E-state index is 13.1. The summed E-state index contributed by atoms with van der Waals surface area (Å²) >= 11 is 0. The van der Waals surface area contributed by atoms with E-state index >= 15 is 0 Å². The summed E-state index contributed by atoms with van der Waals surface area (Å²) in [6.45, 7) is 3.44. The summed E-state index contributed by atoms with van der Waals surface area (Å²) < 4.78 is 10.7. The van der Waals surface area contributed by atoms with E-state index in [-0.39, 0.29) is 18.5 Å². The summed E-state index contributed by atoms with van der Waals surface area (Å²) in [5, 5.41) is 3.02. The number of piperidine rings is 1. The molecule has 1 atom stereocenters. The zero-order valence-electron chi connectivity index (χ0n) is 23.4. The summed E-state index contributed by atoms with van der Waals surface area (Å²) in [6, 6.07) is 11.6. The van der Waals surface area contributed by atoms with Gasteiger partial charge in [0.2, 0.25) is 12.1 Å². The Morgan fingerprint density at radius 2 is 1.90 bits per heavy atom. The van der Waals surface area contributed by atoms with Crippen molar-refractivity contribution < 1.29 is 23.9 Å². The lowest BCUT2D eigenvalue weighted by Crippen LogP contribution is -2.50. The number of esters is 1. The maximum absolute atomic E-state index is 13.1. The number of benzene rings is 2. The number of aryl methyl sites for hydroxylation is 1. The van der Waals surface area contributed by atoms with Gasteiger partial charge in [-0.25, -0.2) is 19.4 Å². The largest absolute Gasteiger partial charge is 0.466 e. The van der Waals surface area contributed by atoms with Crippen LogP contribution in [-0.2, 0) is 27.1 Å². The predicted octanol–water partition coefficient (Wildman–Crippen LogP) is 3.71. The fourth-order valence-electron chi connectivity index (χ4n) is 5.50. The number of carbonyl (C=O) groups excluding carboxylic acids is 3. The zero-order chi connectivity index (χ0) is 28.4. The number of H-pyrrole nitrogens is 1. The van der Waals surface area contributed by atoms with Gasteiger partial charge in [-0.3, -0.25) is 0 Å². The summed E-state index contributed by atoms with van der Waals surface area (Å²) in [7, 11) is 5.10. The number of aromatic amines is 1. The molecule has 2 aliphatic heterocycles. The van der Waals surface area contributed by atoms with Gasteiger partial charge in [0.15, 0.2) is 0 Å². The van der Waals surface area contributed by atoms with Crippen LogP contribution in [0.3, 0.4) is 0 Å². The number of nitrogens with one attached hydrogen (secondary N) is 2.